The van der Waals surface area contributed by atoms with Gasteiger partial charge in [-0.2, -0.15) is 0 Å². The topological polar surface area (TPSA) is 84.9 Å². The number of fused-ring (bicyclic) bond motifs is 1. The Bertz CT molecular complexity index is 959. The summed E-state index contributed by atoms with van der Waals surface area (Å²) in [4.78, 5) is 40.6. The van der Waals surface area contributed by atoms with Crippen molar-refractivity contribution in [3.05, 3.63) is 60.2 Å². The Labute approximate surface area is 168 Å². The Morgan fingerprint density at radius 3 is 2.24 bits per heavy atom. The molecular formula is C22H22N2O5. The Morgan fingerprint density at radius 2 is 1.66 bits per heavy atom. The van der Waals surface area contributed by atoms with E-state index in [2.05, 4.69) is 5.32 Å². The van der Waals surface area contributed by atoms with Crippen molar-refractivity contribution >= 4 is 23.5 Å². The number of ether oxygens (including phenoxy) is 2. The van der Waals surface area contributed by atoms with Gasteiger partial charge in [0.1, 0.15) is 11.3 Å². The Kier molecular flexibility index (Phi) is 4.62. The van der Waals surface area contributed by atoms with Gasteiger partial charge in [0, 0.05) is 6.04 Å². The number of para-hydroxylation sites is 1. The van der Waals surface area contributed by atoms with Crippen molar-refractivity contribution in [1.82, 2.24) is 5.32 Å². The summed E-state index contributed by atoms with van der Waals surface area (Å²) >= 11 is 0. The summed E-state index contributed by atoms with van der Waals surface area (Å²) in [5.41, 5.74) is -0.0256. The lowest BCUT2D eigenvalue weighted by Crippen LogP contribution is -2.54. The van der Waals surface area contributed by atoms with E-state index < -0.39 is 35.3 Å². The fourth-order valence-electron chi connectivity index (χ4n) is 4.47. The second kappa shape index (κ2) is 7.00. The zero-order valence-corrected chi connectivity index (χ0v) is 16.4. The normalized spacial score (nSPS) is 28.4. The summed E-state index contributed by atoms with van der Waals surface area (Å²) in [7, 11) is 2.85. The van der Waals surface area contributed by atoms with Gasteiger partial charge in [0.15, 0.2) is 0 Å². The van der Waals surface area contributed by atoms with Crippen molar-refractivity contribution in [2.75, 3.05) is 19.1 Å². The van der Waals surface area contributed by atoms with Crippen LogP contribution >= 0.6 is 0 Å². The van der Waals surface area contributed by atoms with Crippen LogP contribution in [0.1, 0.15) is 18.5 Å². The summed E-state index contributed by atoms with van der Waals surface area (Å²) in [6.07, 6.45) is 0. The summed E-state index contributed by atoms with van der Waals surface area (Å²) in [6, 6.07) is 15.5. The predicted octanol–water partition coefficient (Wildman–Crippen LogP) is 2.08. The largest absolute Gasteiger partial charge is 0.497 e. The van der Waals surface area contributed by atoms with Gasteiger partial charge in [-0.3, -0.25) is 19.7 Å². The molecule has 4 atom stereocenters. The monoisotopic (exact) mass is 394 g/mol. The van der Waals surface area contributed by atoms with Gasteiger partial charge in [-0.25, -0.2) is 4.90 Å². The molecule has 0 saturated carbocycles. The van der Waals surface area contributed by atoms with Gasteiger partial charge in [-0.15, -0.1) is 0 Å². The molecule has 2 fully saturated rings. The van der Waals surface area contributed by atoms with E-state index >= 15 is 0 Å². The van der Waals surface area contributed by atoms with Crippen LogP contribution in [-0.2, 0) is 19.1 Å². The first-order valence-electron chi connectivity index (χ1n) is 9.35. The quantitative estimate of drug-likeness (QED) is 0.631. The molecule has 2 aromatic carbocycles. The van der Waals surface area contributed by atoms with E-state index in [1.54, 1.807) is 50.4 Å². The molecule has 29 heavy (non-hydrogen) atoms. The molecule has 4 rings (SSSR count). The number of carbonyl (C=O) groups is 3. The molecule has 2 amide bonds. The summed E-state index contributed by atoms with van der Waals surface area (Å²) in [6.45, 7) is 1.62. The summed E-state index contributed by atoms with van der Waals surface area (Å²) in [5, 5.41) is 3.22. The molecule has 2 saturated heterocycles. The highest BCUT2D eigenvalue weighted by Crippen LogP contribution is 2.50. The number of methoxy groups -OCH3 is 2. The lowest BCUT2D eigenvalue weighted by Gasteiger charge is -2.28. The predicted molar refractivity (Wildman–Crippen MR) is 105 cm³/mol. The minimum absolute atomic E-state index is 0.327. The lowest BCUT2D eigenvalue weighted by molar-refractivity contribution is -0.151. The highest BCUT2D eigenvalue weighted by atomic mass is 16.5. The molecule has 0 aliphatic carbocycles. The number of nitrogens with zero attached hydrogens (tertiary/aromatic N) is 1. The smallest absolute Gasteiger partial charge is 0.326 e. The molecule has 150 valence electrons. The van der Waals surface area contributed by atoms with Gasteiger partial charge in [0.05, 0.1) is 31.7 Å². The van der Waals surface area contributed by atoms with E-state index in [0.717, 1.165) is 5.56 Å². The maximum Gasteiger partial charge on any atom is 0.326 e. The highest BCUT2D eigenvalue weighted by Gasteiger charge is 2.67. The average molecular weight is 394 g/mol. The number of imide groups is 1. The number of esters is 1. The van der Waals surface area contributed by atoms with E-state index in [4.69, 9.17) is 9.47 Å². The zero-order valence-electron chi connectivity index (χ0n) is 16.4. The molecule has 2 heterocycles. The number of rotatable bonds is 4. The van der Waals surface area contributed by atoms with Crippen LogP contribution in [0.4, 0.5) is 5.69 Å². The fraction of sp³-hybridized carbons (Fsp3) is 0.318. The maximum absolute atomic E-state index is 13.4. The second-order valence-electron chi connectivity index (χ2n) is 7.44. The minimum atomic E-state index is -1.32. The van der Waals surface area contributed by atoms with Gasteiger partial charge in [-0.1, -0.05) is 30.3 Å². The second-order valence-corrected chi connectivity index (χ2v) is 7.44. The van der Waals surface area contributed by atoms with Crippen LogP contribution in [0.3, 0.4) is 0 Å². The summed E-state index contributed by atoms with van der Waals surface area (Å²) in [5.74, 6) is -2.21. The van der Waals surface area contributed by atoms with Crippen molar-refractivity contribution in [3.8, 4) is 5.75 Å². The van der Waals surface area contributed by atoms with E-state index in [1.807, 2.05) is 18.2 Å². The Hall–Kier alpha value is -3.19. The van der Waals surface area contributed by atoms with E-state index in [1.165, 1.54) is 12.0 Å². The molecule has 2 aromatic rings. The average Bonchev–Trinajstić information content (AvgIpc) is 3.22. The first-order valence-corrected chi connectivity index (χ1v) is 9.35. The molecule has 0 radical (unpaired) electrons. The number of amides is 2. The lowest BCUT2D eigenvalue weighted by atomic mass is 9.80. The van der Waals surface area contributed by atoms with Gasteiger partial charge in [0.2, 0.25) is 11.8 Å². The highest BCUT2D eigenvalue weighted by molar-refractivity contribution is 6.24. The SMILES string of the molecule is COC(=O)[C@]1(C)N[C@H](c2ccc(OC)cc2)[C@H]2C(=O)N(c3ccccc3)C(=O)[C@@H]21. The van der Waals surface area contributed by atoms with Gasteiger partial charge >= 0.3 is 5.97 Å². The molecule has 1 N–H and O–H groups in total. The molecule has 7 heteroatoms. The fourth-order valence-corrected chi connectivity index (χ4v) is 4.47. The van der Waals surface area contributed by atoms with E-state index in [-0.39, 0.29) is 5.91 Å². The van der Waals surface area contributed by atoms with E-state index in [0.29, 0.717) is 11.4 Å². The number of hydrogen-bond donors (Lipinski definition) is 1. The molecule has 2 aliphatic heterocycles. The molecule has 7 nitrogen and oxygen atoms in total. The number of carbonyl (C=O) groups excluding carboxylic acids is 3. The number of hydrogen-bond acceptors (Lipinski definition) is 6. The van der Waals surface area contributed by atoms with Crippen molar-refractivity contribution < 1.29 is 23.9 Å². The third kappa shape index (κ3) is 2.81. The third-order valence-corrected chi connectivity index (χ3v) is 5.89. The van der Waals surface area contributed by atoms with Crippen LogP contribution < -0.4 is 15.0 Å². The molecule has 0 bridgehead atoms. The number of nitrogens with one attached hydrogen (secondary N) is 1. The van der Waals surface area contributed by atoms with Crippen molar-refractivity contribution in [1.29, 1.82) is 0 Å². The van der Waals surface area contributed by atoms with Crippen LogP contribution in [0.5, 0.6) is 5.75 Å². The first-order chi connectivity index (χ1) is 13.9. The molecule has 0 unspecified atom stereocenters. The number of benzene rings is 2. The van der Waals surface area contributed by atoms with Crippen molar-refractivity contribution in [2.45, 2.75) is 18.5 Å². The van der Waals surface area contributed by atoms with Crippen LogP contribution in [0.25, 0.3) is 0 Å². The molecule has 0 aromatic heterocycles. The minimum Gasteiger partial charge on any atom is -0.497 e. The zero-order chi connectivity index (χ0) is 20.8. The molecule has 2 aliphatic rings. The van der Waals surface area contributed by atoms with Crippen LogP contribution in [-0.4, -0.2) is 37.5 Å². The van der Waals surface area contributed by atoms with Gasteiger partial charge in [0.25, 0.3) is 0 Å². The Balaban J connectivity index is 1.80. The molecule has 0 spiro atoms. The third-order valence-electron chi connectivity index (χ3n) is 5.89. The van der Waals surface area contributed by atoms with Gasteiger partial charge < -0.3 is 9.47 Å². The van der Waals surface area contributed by atoms with Crippen LogP contribution in [0.15, 0.2) is 54.6 Å². The van der Waals surface area contributed by atoms with Crippen molar-refractivity contribution in [3.63, 3.8) is 0 Å². The van der Waals surface area contributed by atoms with Gasteiger partial charge in [-0.05, 0) is 36.8 Å². The Morgan fingerprint density at radius 1 is 1.00 bits per heavy atom. The summed E-state index contributed by atoms with van der Waals surface area (Å²) < 4.78 is 10.2. The first kappa shape index (κ1) is 19.1. The van der Waals surface area contributed by atoms with E-state index in [9.17, 15) is 14.4 Å². The molecular weight excluding hydrogens is 372 g/mol. The van der Waals surface area contributed by atoms with Crippen LogP contribution in [0.2, 0.25) is 0 Å². The maximum atomic E-state index is 13.4. The van der Waals surface area contributed by atoms with Crippen LogP contribution in [0, 0.1) is 11.8 Å². The van der Waals surface area contributed by atoms with Crippen molar-refractivity contribution in [2.24, 2.45) is 11.8 Å². The standard InChI is InChI=1S/C22H22N2O5/c1-22(21(27)29-3)17-16(18(23-22)13-9-11-15(28-2)12-10-13)19(25)24(20(17)26)14-7-5-4-6-8-14/h4-12,16-18,23H,1-3H3/t16-,17+,18+,22+/m0/s1. The number of anilines is 1.